The van der Waals surface area contributed by atoms with Crippen LogP contribution in [0.4, 0.5) is 5.95 Å². The Morgan fingerprint density at radius 3 is 2.89 bits per heavy atom. The second-order valence-corrected chi connectivity index (χ2v) is 7.75. The fourth-order valence-corrected chi connectivity index (χ4v) is 3.65. The number of nitrogens with zero attached hydrogens (tertiary/aromatic N) is 3. The lowest BCUT2D eigenvalue weighted by Gasteiger charge is -2.25. The Morgan fingerprint density at radius 2 is 2.07 bits per heavy atom. The van der Waals surface area contributed by atoms with E-state index < -0.39 is 0 Å². The molecule has 0 aliphatic carbocycles. The van der Waals surface area contributed by atoms with E-state index in [-0.39, 0.29) is 18.4 Å². The average Bonchev–Trinajstić information content (AvgIpc) is 3.11. The predicted octanol–water partition coefficient (Wildman–Crippen LogP) is 4.86. The van der Waals surface area contributed by atoms with Gasteiger partial charge in [0.15, 0.2) is 0 Å². The highest BCUT2D eigenvalue weighted by Gasteiger charge is 2.30. The maximum absolute atomic E-state index is 12.1. The van der Waals surface area contributed by atoms with Crippen LogP contribution in [-0.2, 0) is 11.4 Å². The molecule has 4 rings (SSSR count). The highest BCUT2D eigenvalue weighted by atomic mass is 79.9. The number of aromatic nitrogens is 3. The second kappa shape index (κ2) is 7.50. The fourth-order valence-electron chi connectivity index (χ4n) is 2.95. The molecular weight excluding hydrogens is 455 g/mol. The van der Waals surface area contributed by atoms with E-state index in [4.69, 9.17) is 27.9 Å². The van der Waals surface area contributed by atoms with Gasteiger partial charge in [-0.2, -0.15) is 10.1 Å². The Balaban J connectivity index is 1.65. The van der Waals surface area contributed by atoms with Crippen molar-refractivity contribution < 1.29 is 9.53 Å². The first-order valence-electron chi connectivity index (χ1n) is 8.07. The maximum Gasteiger partial charge on any atom is 0.229 e. The van der Waals surface area contributed by atoms with Crippen molar-refractivity contribution in [2.45, 2.75) is 19.1 Å². The molecule has 1 N–H and O–H groups in total. The predicted molar refractivity (Wildman–Crippen MR) is 106 cm³/mol. The lowest BCUT2D eigenvalue weighted by atomic mass is 10.0. The van der Waals surface area contributed by atoms with E-state index in [0.29, 0.717) is 28.3 Å². The van der Waals surface area contributed by atoms with Crippen LogP contribution in [0.1, 0.15) is 23.6 Å². The largest absolute Gasteiger partial charge is 0.489 e. The number of fused-ring (bicyclic) bond motifs is 1. The van der Waals surface area contributed by atoms with E-state index in [1.807, 2.05) is 24.3 Å². The maximum atomic E-state index is 12.1. The summed E-state index contributed by atoms with van der Waals surface area (Å²) in [7, 11) is 0. The van der Waals surface area contributed by atoms with E-state index in [9.17, 15) is 4.79 Å². The third-order valence-corrected chi connectivity index (χ3v) is 5.44. The Morgan fingerprint density at radius 1 is 1.22 bits per heavy atom. The molecule has 0 fully saturated rings. The van der Waals surface area contributed by atoms with Gasteiger partial charge in [-0.05, 0) is 35.9 Å². The molecule has 27 heavy (non-hydrogen) atoms. The molecule has 138 valence electrons. The van der Waals surface area contributed by atoms with Crippen LogP contribution in [0.3, 0.4) is 0 Å². The molecule has 1 aromatic heterocycles. The standard InChI is InChI=1S/C18H13BrCl2N4O2/c19-11-2-4-16(27-8-10-1-3-13(20)14(21)5-10)12(6-11)15-7-17(26)24-18-22-9-23-25(15)18/h1-6,9,15H,7-8H2,(H,22,23,24,26). The molecule has 3 aromatic rings. The van der Waals surface area contributed by atoms with E-state index in [1.165, 1.54) is 6.33 Å². The Labute approximate surface area is 173 Å². The van der Waals surface area contributed by atoms with Crippen molar-refractivity contribution in [1.29, 1.82) is 0 Å². The van der Waals surface area contributed by atoms with Gasteiger partial charge >= 0.3 is 0 Å². The zero-order valence-corrected chi connectivity index (χ0v) is 16.9. The number of carbonyl (C=O) groups is 1. The van der Waals surface area contributed by atoms with Crippen LogP contribution >= 0.6 is 39.1 Å². The van der Waals surface area contributed by atoms with Gasteiger partial charge in [0.05, 0.1) is 22.5 Å². The SMILES string of the molecule is O=C1CC(c2cc(Br)ccc2OCc2ccc(Cl)c(Cl)c2)n2ncnc2N1. The Kier molecular flexibility index (Phi) is 5.08. The molecule has 0 spiro atoms. The summed E-state index contributed by atoms with van der Waals surface area (Å²) in [5.41, 5.74) is 1.73. The van der Waals surface area contributed by atoms with Gasteiger partial charge in [0.25, 0.3) is 0 Å². The van der Waals surface area contributed by atoms with Gasteiger partial charge < -0.3 is 4.74 Å². The minimum atomic E-state index is -0.308. The molecule has 0 saturated carbocycles. The summed E-state index contributed by atoms with van der Waals surface area (Å²) >= 11 is 15.5. The summed E-state index contributed by atoms with van der Waals surface area (Å²) < 4.78 is 8.61. The molecule has 1 aliphatic heterocycles. The minimum Gasteiger partial charge on any atom is -0.489 e. The number of nitrogens with one attached hydrogen (secondary N) is 1. The molecule has 1 unspecified atom stereocenters. The third kappa shape index (κ3) is 3.81. The average molecular weight is 468 g/mol. The molecular formula is C18H13BrCl2N4O2. The fraction of sp³-hybridized carbons (Fsp3) is 0.167. The number of anilines is 1. The monoisotopic (exact) mass is 466 g/mol. The number of hydrogen-bond acceptors (Lipinski definition) is 4. The molecule has 1 amide bonds. The first kappa shape index (κ1) is 18.3. The zero-order chi connectivity index (χ0) is 19.0. The van der Waals surface area contributed by atoms with Crippen LogP contribution < -0.4 is 10.1 Å². The van der Waals surface area contributed by atoms with Crippen LogP contribution in [0, 0.1) is 0 Å². The number of carbonyl (C=O) groups excluding carboxylic acids is 1. The van der Waals surface area contributed by atoms with E-state index in [1.54, 1.807) is 16.8 Å². The highest BCUT2D eigenvalue weighted by molar-refractivity contribution is 9.10. The molecule has 0 bridgehead atoms. The van der Waals surface area contributed by atoms with Crippen LogP contribution in [0.25, 0.3) is 0 Å². The van der Waals surface area contributed by atoms with Crippen LogP contribution in [0.2, 0.25) is 10.0 Å². The summed E-state index contributed by atoms with van der Waals surface area (Å²) in [5, 5.41) is 7.93. The first-order chi connectivity index (χ1) is 13.0. The van der Waals surface area contributed by atoms with Gasteiger partial charge in [0.2, 0.25) is 11.9 Å². The van der Waals surface area contributed by atoms with Crippen molar-refractivity contribution in [2.24, 2.45) is 0 Å². The molecule has 9 heteroatoms. The van der Waals surface area contributed by atoms with Crippen molar-refractivity contribution in [1.82, 2.24) is 14.8 Å². The molecule has 2 aromatic carbocycles. The van der Waals surface area contributed by atoms with Crippen LogP contribution in [0.15, 0.2) is 47.2 Å². The Bertz CT molecular complexity index is 1020. The van der Waals surface area contributed by atoms with E-state index >= 15 is 0 Å². The summed E-state index contributed by atoms with van der Waals surface area (Å²) in [6.07, 6.45) is 1.66. The molecule has 1 aliphatic rings. The van der Waals surface area contributed by atoms with Gasteiger partial charge in [-0.15, -0.1) is 0 Å². The van der Waals surface area contributed by atoms with Gasteiger partial charge in [0, 0.05) is 10.0 Å². The van der Waals surface area contributed by atoms with Crippen molar-refractivity contribution >= 4 is 51.0 Å². The summed E-state index contributed by atoms with van der Waals surface area (Å²) in [5.74, 6) is 0.966. The number of hydrogen-bond donors (Lipinski definition) is 1. The number of ether oxygens (including phenoxy) is 1. The van der Waals surface area contributed by atoms with Crippen molar-refractivity contribution in [2.75, 3.05) is 5.32 Å². The third-order valence-electron chi connectivity index (χ3n) is 4.21. The first-order valence-corrected chi connectivity index (χ1v) is 9.61. The molecule has 2 heterocycles. The van der Waals surface area contributed by atoms with Gasteiger partial charge in [-0.3, -0.25) is 10.1 Å². The normalized spacial score (nSPS) is 16.0. The summed E-state index contributed by atoms with van der Waals surface area (Å²) in [6.45, 7) is 0.314. The highest BCUT2D eigenvalue weighted by Crippen LogP contribution is 2.36. The zero-order valence-electron chi connectivity index (χ0n) is 13.8. The molecule has 0 radical (unpaired) electrons. The minimum absolute atomic E-state index is 0.115. The van der Waals surface area contributed by atoms with E-state index in [0.717, 1.165) is 15.6 Å². The smallest absolute Gasteiger partial charge is 0.229 e. The molecule has 6 nitrogen and oxygen atoms in total. The lowest BCUT2D eigenvalue weighted by molar-refractivity contribution is -0.117. The quantitative estimate of drug-likeness (QED) is 0.594. The van der Waals surface area contributed by atoms with Crippen LogP contribution in [-0.4, -0.2) is 20.7 Å². The van der Waals surface area contributed by atoms with Gasteiger partial charge in [-0.25, -0.2) is 4.68 Å². The second-order valence-electron chi connectivity index (χ2n) is 6.02. The number of benzene rings is 2. The number of halogens is 3. The number of amides is 1. The lowest BCUT2D eigenvalue weighted by Crippen LogP contribution is -2.29. The molecule has 0 saturated heterocycles. The number of rotatable bonds is 4. The Hall–Kier alpha value is -2.09. The van der Waals surface area contributed by atoms with Crippen LogP contribution in [0.5, 0.6) is 5.75 Å². The van der Waals surface area contributed by atoms with E-state index in [2.05, 4.69) is 31.3 Å². The summed E-state index contributed by atoms with van der Waals surface area (Å²) in [4.78, 5) is 16.2. The van der Waals surface area contributed by atoms with Gasteiger partial charge in [0.1, 0.15) is 18.7 Å². The van der Waals surface area contributed by atoms with Crippen molar-refractivity contribution in [3.05, 3.63) is 68.4 Å². The molecule has 1 atom stereocenters. The van der Waals surface area contributed by atoms with Crippen molar-refractivity contribution in [3.63, 3.8) is 0 Å². The van der Waals surface area contributed by atoms with Crippen molar-refractivity contribution in [3.8, 4) is 5.75 Å². The topological polar surface area (TPSA) is 69.0 Å². The summed E-state index contributed by atoms with van der Waals surface area (Å²) in [6, 6.07) is 10.7. The van der Waals surface area contributed by atoms with Gasteiger partial charge in [-0.1, -0.05) is 45.2 Å².